The molecule has 1 saturated heterocycles. The third-order valence-corrected chi connectivity index (χ3v) is 7.64. The number of hydrogen-bond donors (Lipinski definition) is 0. The highest BCUT2D eigenvalue weighted by Crippen LogP contribution is 2.41. The van der Waals surface area contributed by atoms with Gasteiger partial charge in [0.1, 0.15) is 23.0 Å². The van der Waals surface area contributed by atoms with Crippen LogP contribution in [0.2, 0.25) is 0 Å². The zero-order valence-electron chi connectivity index (χ0n) is 21.5. The van der Waals surface area contributed by atoms with Crippen LogP contribution in [-0.2, 0) is 16.0 Å². The SMILES string of the molecule is CCCc1cc(Oc2ccccc2)ccc1OCCCOc1cccc(C2SC(=O)C(CC)CC2=O)c1. The number of ether oxygens (including phenoxy) is 3. The van der Waals surface area contributed by atoms with Crippen LogP contribution in [0.1, 0.15) is 55.9 Å². The number of aryl methyl sites for hydroxylation is 1. The second-order valence-corrected chi connectivity index (χ2v) is 10.3. The van der Waals surface area contributed by atoms with Gasteiger partial charge in [-0.1, -0.05) is 62.4 Å². The Hall–Kier alpha value is -3.25. The van der Waals surface area contributed by atoms with Gasteiger partial charge in [-0.15, -0.1) is 0 Å². The van der Waals surface area contributed by atoms with Crippen LogP contribution in [0, 0.1) is 5.92 Å². The number of rotatable bonds is 12. The highest BCUT2D eigenvalue weighted by molar-refractivity contribution is 8.14. The van der Waals surface area contributed by atoms with Gasteiger partial charge in [-0.2, -0.15) is 0 Å². The van der Waals surface area contributed by atoms with E-state index in [1.165, 1.54) is 0 Å². The Balaban J connectivity index is 1.28. The molecule has 1 aliphatic rings. The summed E-state index contributed by atoms with van der Waals surface area (Å²) in [5.41, 5.74) is 1.95. The van der Waals surface area contributed by atoms with Crippen molar-refractivity contribution in [1.82, 2.24) is 0 Å². The molecule has 4 rings (SSSR count). The fraction of sp³-hybridized carbons (Fsp3) is 0.355. The lowest BCUT2D eigenvalue weighted by Crippen LogP contribution is -2.26. The molecule has 0 aromatic heterocycles. The van der Waals surface area contributed by atoms with Gasteiger partial charge in [0, 0.05) is 18.8 Å². The van der Waals surface area contributed by atoms with E-state index in [1.54, 1.807) is 0 Å². The lowest BCUT2D eigenvalue weighted by molar-refractivity contribution is -0.125. The number of Topliss-reactive ketones (excluding diaryl/α,β-unsaturated/α-hetero) is 1. The summed E-state index contributed by atoms with van der Waals surface area (Å²) < 4.78 is 18.0. The second kappa shape index (κ2) is 13.3. The van der Waals surface area contributed by atoms with Gasteiger partial charge >= 0.3 is 0 Å². The molecular weight excluding hydrogens is 484 g/mol. The van der Waals surface area contributed by atoms with Gasteiger partial charge < -0.3 is 14.2 Å². The first-order valence-electron chi connectivity index (χ1n) is 13.0. The summed E-state index contributed by atoms with van der Waals surface area (Å²) in [5, 5.41) is -0.328. The van der Waals surface area contributed by atoms with Crippen molar-refractivity contribution in [3.63, 3.8) is 0 Å². The predicted molar refractivity (Wildman–Crippen MR) is 148 cm³/mol. The van der Waals surface area contributed by atoms with Crippen LogP contribution in [0.4, 0.5) is 0 Å². The Morgan fingerprint density at radius 3 is 2.41 bits per heavy atom. The Bertz CT molecular complexity index is 1190. The maximum Gasteiger partial charge on any atom is 0.193 e. The molecule has 3 aromatic rings. The smallest absolute Gasteiger partial charge is 0.193 e. The third kappa shape index (κ3) is 7.39. The standard InChI is InChI=1S/C31H34O5S/c1-3-10-23-19-27(36-25-12-6-5-7-13-25)15-16-29(23)35-18-9-17-34-26-14-8-11-24(20-26)30-28(32)21-22(4-2)31(33)37-30/h5-8,11-16,19-20,22,30H,3-4,9-10,17-18,21H2,1-2H3. The molecule has 0 bridgehead atoms. The summed E-state index contributed by atoms with van der Waals surface area (Å²) in [4.78, 5) is 24.9. The third-order valence-electron chi connectivity index (χ3n) is 6.31. The Labute approximate surface area is 223 Å². The van der Waals surface area contributed by atoms with Crippen molar-refractivity contribution < 1.29 is 23.8 Å². The first-order valence-corrected chi connectivity index (χ1v) is 13.9. The van der Waals surface area contributed by atoms with Crippen molar-refractivity contribution in [3.8, 4) is 23.0 Å². The van der Waals surface area contributed by atoms with Crippen LogP contribution in [0.3, 0.4) is 0 Å². The van der Waals surface area contributed by atoms with Crippen LogP contribution < -0.4 is 14.2 Å². The minimum atomic E-state index is -0.437. The number of carbonyl (C=O) groups excluding carboxylic acids is 2. The molecule has 1 fully saturated rings. The fourth-order valence-corrected chi connectivity index (χ4v) is 5.51. The van der Waals surface area contributed by atoms with E-state index >= 15 is 0 Å². The van der Waals surface area contributed by atoms with Gasteiger partial charge in [-0.05, 0) is 66.4 Å². The summed E-state index contributed by atoms with van der Waals surface area (Å²) in [6.45, 7) is 5.12. The summed E-state index contributed by atoms with van der Waals surface area (Å²) in [5.74, 6) is 3.13. The minimum absolute atomic E-state index is 0.109. The molecule has 3 aromatic carbocycles. The van der Waals surface area contributed by atoms with Crippen LogP contribution in [0.25, 0.3) is 0 Å². The summed E-state index contributed by atoms with van der Waals surface area (Å²) >= 11 is 1.15. The van der Waals surface area contributed by atoms with E-state index in [4.69, 9.17) is 14.2 Å². The van der Waals surface area contributed by atoms with Gasteiger partial charge in [0.15, 0.2) is 10.9 Å². The average molecular weight is 519 g/mol. The van der Waals surface area contributed by atoms with E-state index in [9.17, 15) is 9.59 Å². The lowest BCUT2D eigenvalue weighted by atomic mass is 9.96. The second-order valence-electron chi connectivity index (χ2n) is 9.15. The summed E-state index contributed by atoms with van der Waals surface area (Å²) in [6.07, 6.45) is 3.67. The lowest BCUT2D eigenvalue weighted by Gasteiger charge is -2.25. The van der Waals surface area contributed by atoms with Gasteiger partial charge in [0.25, 0.3) is 0 Å². The quantitative estimate of drug-likeness (QED) is 0.230. The summed E-state index contributed by atoms with van der Waals surface area (Å²) in [6, 6.07) is 23.2. The molecule has 37 heavy (non-hydrogen) atoms. The molecule has 0 N–H and O–H groups in total. The maximum atomic E-state index is 12.6. The van der Waals surface area contributed by atoms with Crippen molar-refractivity contribution in [2.75, 3.05) is 13.2 Å². The van der Waals surface area contributed by atoms with Crippen molar-refractivity contribution in [1.29, 1.82) is 0 Å². The molecule has 0 spiro atoms. The average Bonchev–Trinajstić information content (AvgIpc) is 2.91. The van der Waals surface area contributed by atoms with Gasteiger partial charge in [-0.25, -0.2) is 0 Å². The largest absolute Gasteiger partial charge is 0.493 e. The van der Waals surface area contributed by atoms with E-state index in [2.05, 4.69) is 6.92 Å². The molecule has 0 radical (unpaired) electrons. The number of hydrogen-bond acceptors (Lipinski definition) is 6. The number of benzene rings is 3. The van der Waals surface area contributed by atoms with Crippen molar-refractivity contribution in [2.24, 2.45) is 5.92 Å². The van der Waals surface area contributed by atoms with Crippen LogP contribution >= 0.6 is 11.8 Å². The van der Waals surface area contributed by atoms with Crippen LogP contribution in [-0.4, -0.2) is 24.1 Å². The van der Waals surface area contributed by atoms with Gasteiger partial charge in [0.2, 0.25) is 0 Å². The number of carbonyl (C=O) groups is 2. The molecule has 0 saturated carbocycles. The van der Waals surface area contributed by atoms with Crippen LogP contribution in [0.5, 0.6) is 23.0 Å². The van der Waals surface area contributed by atoms with Crippen LogP contribution in [0.15, 0.2) is 72.8 Å². The van der Waals surface area contributed by atoms with Gasteiger partial charge in [-0.3, -0.25) is 9.59 Å². The number of thioether (sulfide) groups is 1. The first kappa shape index (κ1) is 26.8. The fourth-order valence-electron chi connectivity index (χ4n) is 4.32. The summed E-state index contributed by atoms with van der Waals surface area (Å²) in [7, 11) is 0. The Kier molecular flexibility index (Phi) is 9.66. The molecular formula is C31H34O5S. The molecule has 1 heterocycles. The predicted octanol–water partition coefficient (Wildman–Crippen LogP) is 7.58. The monoisotopic (exact) mass is 518 g/mol. The van der Waals surface area contributed by atoms with E-state index in [0.29, 0.717) is 38.2 Å². The maximum absolute atomic E-state index is 12.6. The molecule has 0 aliphatic carbocycles. The van der Waals surface area contributed by atoms with Crippen molar-refractivity contribution in [3.05, 3.63) is 83.9 Å². The number of ketones is 1. The van der Waals surface area contributed by atoms with Gasteiger partial charge in [0.05, 0.1) is 18.5 Å². The Morgan fingerprint density at radius 1 is 0.838 bits per heavy atom. The molecule has 2 atom stereocenters. The zero-order valence-corrected chi connectivity index (χ0v) is 22.3. The Morgan fingerprint density at radius 2 is 1.62 bits per heavy atom. The highest BCUT2D eigenvalue weighted by Gasteiger charge is 2.35. The molecule has 0 amide bonds. The van der Waals surface area contributed by atoms with E-state index < -0.39 is 5.25 Å². The van der Waals surface area contributed by atoms with E-state index in [0.717, 1.165) is 53.0 Å². The molecule has 2 unspecified atom stereocenters. The molecule has 1 aliphatic heterocycles. The topological polar surface area (TPSA) is 61.8 Å². The molecule has 5 nitrogen and oxygen atoms in total. The first-order chi connectivity index (χ1) is 18.1. The van der Waals surface area contributed by atoms with E-state index in [1.807, 2.05) is 79.7 Å². The van der Waals surface area contributed by atoms with E-state index in [-0.39, 0.29) is 16.8 Å². The highest BCUT2D eigenvalue weighted by atomic mass is 32.2. The van der Waals surface area contributed by atoms with Crippen molar-refractivity contribution in [2.45, 2.75) is 51.2 Å². The minimum Gasteiger partial charge on any atom is -0.493 e. The number of para-hydroxylation sites is 1. The normalized spacial score (nSPS) is 17.5. The molecule has 194 valence electrons. The molecule has 6 heteroatoms. The zero-order chi connectivity index (χ0) is 26.0. The van der Waals surface area contributed by atoms with Crippen molar-refractivity contribution >= 4 is 22.7 Å².